The molecule has 164 valence electrons. The van der Waals surface area contributed by atoms with Crippen LogP contribution in [0.3, 0.4) is 0 Å². The molecule has 5 nitrogen and oxygen atoms in total. The smallest absolute Gasteiger partial charge is 0.291 e. The van der Waals surface area contributed by atoms with Gasteiger partial charge < -0.3 is 15.1 Å². The predicted molar refractivity (Wildman–Crippen MR) is 133 cm³/mol. The van der Waals surface area contributed by atoms with E-state index in [1.807, 2.05) is 19.1 Å². The van der Waals surface area contributed by atoms with Crippen LogP contribution in [0.5, 0.6) is 0 Å². The lowest BCUT2D eigenvalue weighted by Gasteiger charge is -2.21. The highest BCUT2D eigenvalue weighted by molar-refractivity contribution is 7.98. The van der Waals surface area contributed by atoms with Crippen molar-refractivity contribution in [3.05, 3.63) is 94.4 Å². The van der Waals surface area contributed by atoms with Gasteiger partial charge in [0.15, 0.2) is 5.76 Å². The monoisotopic (exact) mass is 463 g/mol. The fourth-order valence-corrected chi connectivity index (χ4v) is 4.86. The lowest BCUT2D eigenvalue weighted by Crippen LogP contribution is -2.17. The normalized spacial score (nSPS) is 11.8. The van der Waals surface area contributed by atoms with E-state index in [9.17, 15) is 4.79 Å². The van der Waals surface area contributed by atoms with Crippen molar-refractivity contribution in [3.8, 4) is 0 Å². The van der Waals surface area contributed by atoms with Gasteiger partial charge in [-0.1, -0.05) is 19.1 Å². The Hall–Kier alpha value is -3.03. The SMILES string of the molecule is CCc1cc(C(Nc2cc(C)ccn2)c2ccc(SC)cc2)c(NC(=O)c2ccco2)s1. The summed E-state index contributed by atoms with van der Waals surface area (Å²) in [5.41, 5.74) is 3.23. The number of nitrogens with one attached hydrogen (secondary N) is 2. The fraction of sp³-hybridized carbons (Fsp3) is 0.200. The van der Waals surface area contributed by atoms with Gasteiger partial charge in [-0.15, -0.1) is 23.1 Å². The summed E-state index contributed by atoms with van der Waals surface area (Å²) in [5, 5.41) is 7.46. The molecule has 0 spiro atoms. The zero-order chi connectivity index (χ0) is 22.5. The Labute approximate surface area is 196 Å². The Morgan fingerprint density at radius 1 is 1.19 bits per heavy atom. The van der Waals surface area contributed by atoms with Gasteiger partial charge in [0.2, 0.25) is 0 Å². The van der Waals surface area contributed by atoms with Crippen LogP contribution in [0.25, 0.3) is 0 Å². The number of thiophene rings is 1. The third-order valence-electron chi connectivity index (χ3n) is 5.10. The average Bonchev–Trinajstić information content (AvgIpc) is 3.48. The number of amides is 1. The molecule has 0 fully saturated rings. The number of hydrogen-bond acceptors (Lipinski definition) is 6. The molecule has 32 heavy (non-hydrogen) atoms. The molecule has 0 saturated heterocycles. The van der Waals surface area contributed by atoms with Gasteiger partial charge in [-0.25, -0.2) is 4.98 Å². The maximum Gasteiger partial charge on any atom is 0.291 e. The second-order valence-electron chi connectivity index (χ2n) is 7.35. The van der Waals surface area contributed by atoms with E-state index in [0.29, 0.717) is 0 Å². The van der Waals surface area contributed by atoms with Crippen molar-refractivity contribution in [1.29, 1.82) is 0 Å². The van der Waals surface area contributed by atoms with Gasteiger partial charge in [-0.3, -0.25) is 4.79 Å². The standard InChI is InChI=1S/C25H25N3O2S2/c1-4-18-15-20(25(32-18)28-24(29)21-6-5-13-30-21)23(17-7-9-19(31-3)10-8-17)27-22-14-16(2)11-12-26-22/h5-15,23H,4H2,1-3H3,(H,26,27)(H,28,29). The van der Waals surface area contributed by atoms with Crippen LogP contribution in [-0.4, -0.2) is 17.1 Å². The molecule has 4 aromatic rings. The van der Waals surface area contributed by atoms with Gasteiger partial charge in [0, 0.05) is 21.5 Å². The van der Waals surface area contributed by atoms with Crippen molar-refractivity contribution in [2.24, 2.45) is 0 Å². The van der Waals surface area contributed by atoms with Gasteiger partial charge in [-0.05, 0) is 73.2 Å². The molecule has 0 saturated carbocycles. The molecule has 4 rings (SSSR count). The molecule has 0 bridgehead atoms. The van der Waals surface area contributed by atoms with E-state index >= 15 is 0 Å². The Balaban J connectivity index is 1.75. The third-order valence-corrected chi connectivity index (χ3v) is 7.05. The first-order valence-electron chi connectivity index (χ1n) is 10.4. The molecule has 1 unspecified atom stereocenters. The number of rotatable bonds is 8. The van der Waals surface area contributed by atoms with Crippen LogP contribution < -0.4 is 10.6 Å². The van der Waals surface area contributed by atoms with E-state index in [1.165, 1.54) is 16.0 Å². The molecule has 1 aromatic carbocycles. The first-order chi connectivity index (χ1) is 15.6. The van der Waals surface area contributed by atoms with Gasteiger partial charge in [0.25, 0.3) is 5.91 Å². The summed E-state index contributed by atoms with van der Waals surface area (Å²) in [5.74, 6) is 0.819. The second kappa shape index (κ2) is 10.1. The zero-order valence-corrected chi connectivity index (χ0v) is 19.8. The average molecular weight is 464 g/mol. The summed E-state index contributed by atoms with van der Waals surface area (Å²) in [6.07, 6.45) is 6.25. The molecule has 0 radical (unpaired) electrons. The summed E-state index contributed by atoms with van der Waals surface area (Å²) in [4.78, 5) is 19.6. The summed E-state index contributed by atoms with van der Waals surface area (Å²) >= 11 is 3.30. The Kier molecular flexibility index (Phi) is 6.97. The third kappa shape index (κ3) is 5.06. The van der Waals surface area contributed by atoms with Crippen LogP contribution in [0.1, 0.15) is 45.1 Å². The first kappa shape index (κ1) is 22.2. The predicted octanol–water partition coefficient (Wildman–Crippen LogP) is 6.78. The minimum atomic E-state index is -0.258. The molecular weight excluding hydrogens is 438 g/mol. The van der Waals surface area contributed by atoms with Crippen molar-refractivity contribution in [3.63, 3.8) is 0 Å². The number of thioether (sulfide) groups is 1. The van der Waals surface area contributed by atoms with Gasteiger partial charge in [0.05, 0.1) is 12.3 Å². The summed E-state index contributed by atoms with van der Waals surface area (Å²) in [6.45, 7) is 4.16. The Morgan fingerprint density at radius 2 is 2.00 bits per heavy atom. The number of carbonyl (C=O) groups is 1. The number of nitrogens with zero attached hydrogens (tertiary/aromatic N) is 1. The molecule has 2 N–H and O–H groups in total. The van der Waals surface area contributed by atoms with Crippen molar-refractivity contribution >= 4 is 39.8 Å². The molecular formula is C25H25N3O2S2. The van der Waals surface area contributed by atoms with Crippen LogP contribution in [0.15, 0.2) is 76.4 Å². The largest absolute Gasteiger partial charge is 0.459 e. The van der Waals surface area contributed by atoms with Crippen molar-refractivity contribution in [2.75, 3.05) is 16.9 Å². The number of carbonyl (C=O) groups excluding carboxylic acids is 1. The number of aromatic nitrogens is 1. The van der Waals surface area contributed by atoms with Crippen LogP contribution in [0.2, 0.25) is 0 Å². The molecule has 0 aliphatic carbocycles. The topological polar surface area (TPSA) is 67.2 Å². The fourth-order valence-electron chi connectivity index (χ4n) is 3.42. The molecule has 3 aromatic heterocycles. The quantitative estimate of drug-likeness (QED) is 0.282. The van der Waals surface area contributed by atoms with Crippen molar-refractivity contribution in [2.45, 2.75) is 31.2 Å². The van der Waals surface area contributed by atoms with E-state index in [4.69, 9.17) is 4.42 Å². The maximum absolute atomic E-state index is 12.7. The molecule has 3 heterocycles. The van der Waals surface area contributed by atoms with Gasteiger partial charge in [-0.2, -0.15) is 0 Å². The number of anilines is 2. The summed E-state index contributed by atoms with van der Waals surface area (Å²) < 4.78 is 5.28. The number of hydrogen-bond donors (Lipinski definition) is 2. The molecule has 1 amide bonds. The highest BCUT2D eigenvalue weighted by Gasteiger charge is 2.23. The minimum Gasteiger partial charge on any atom is -0.459 e. The summed E-state index contributed by atoms with van der Waals surface area (Å²) in [6, 6.07) is 17.8. The number of pyridine rings is 1. The molecule has 0 aliphatic heterocycles. The van der Waals surface area contributed by atoms with Gasteiger partial charge >= 0.3 is 0 Å². The lowest BCUT2D eigenvalue weighted by atomic mass is 9.99. The van der Waals surface area contributed by atoms with E-state index in [-0.39, 0.29) is 17.7 Å². The van der Waals surface area contributed by atoms with Crippen LogP contribution in [0.4, 0.5) is 10.8 Å². The van der Waals surface area contributed by atoms with Crippen molar-refractivity contribution < 1.29 is 9.21 Å². The van der Waals surface area contributed by atoms with Crippen LogP contribution >= 0.6 is 23.1 Å². The Morgan fingerprint density at radius 3 is 2.66 bits per heavy atom. The van der Waals surface area contributed by atoms with E-state index in [2.05, 4.69) is 59.1 Å². The first-order valence-corrected chi connectivity index (χ1v) is 12.4. The molecule has 7 heteroatoms. The van der Waals surface area contributed by atoms with Gasteiger partial charge in [0.1, 0.15) is 10.8 Å². The maximum atomic E-state index is 12.7. The van der Waals surface area contributed by atoms with E-state index in [1.54, 1.807) is 41.4 Å². The number of benzene rings is 1. The zero-order valence-electron chi connectivity index (χ0n) is 18.2. The highest BCUT2D eigenvalue weighted by atomic mass is 32.2. The minimum absolute atomic E-state index is 0.177. The van der Waals surface area contributed by atoms with Crippen molar-refractivity contribution in [1.82, 2.24) is 4.98 Å². The van der Waals surface area contributed by atoms with Crippen LogP contribution in [0, 0.1) is 6.92 Å². The number of aryl methyl sites for hydroxylation is 2. The summed E-state index contributed by atoms with van der Waals surface area (Å²) in [7, 11) is 0. The molecule has 1 atom stereocenters. The lowest BCUT2D eigenvalue weighted by molar-refractivity contribution is 0.0997. The van der Waals surface area contributed by atoms with Crippen LogP contribution in [-0.2, 0) is 6.42 Å². The second-order valence-corrected chi connectivity index (χ2v) is 9.37. The number of furan rings is 1. The molecule has 0 aliphatic rings. The highest BCUT2D eigenvalue weighted by Crippen LogP contribution is 2.38. The van der Waals surface area contributed by atoms with E-state index in [0.717, 1.165) is 33.9 Å². The van der Waals surface area contributed by atoms with E-state index < -0.39 is 0 Å². The Bertz CT molecular complexity index is 1180.